The van der Waals surface area contributed by atoms with Crippen molar-refractivity contribution in [2.24, 2.45) is 5.73 Å². The number of rotatable bonds is 2. The zero-order chi connectivity index (χ0) is 13.4. The number of hydrogen-bond acceptors (Lipinski definition) is 3. The third kappa shape index (κ3) is 2.84. The van der Waals surface area contributed by atoms with Crippen molar-refractivity contribution in [3.05, 3.63) is 36.9 Å². The first-order valence-electron chi connectivity index (χ1n) is 3.99. The molecule has 92 valence electrons. The van der Waals surface area contributed by atoms with E-state index in [0.29, 0.717) is 6.07 Å². The van der Waals surface area contributed by atoms with Crippen LogP contribution in [0.1, 0.15) is 15.9 Å². The first-order valence-corrected chi connectivity index (χ1v) is 5.07. The lowest BCUT2D eigenvalue weighted by Crippen LogP contribution is -2.16. The standard InChI is InChI=1S/C8H4F3IN2O3/c9-8(10,11)6-4(12)1-3(7(13)15)2-5(6)14(16)17/h1-2H,(H2,13,15). The average Bonchev–Trinajstić information content (AvgIpc) is 2.13. The second kappa shape index (κ2) is 4.47. The van der Waals surface area contributed by atoms with E-state index in [1.807, 2.05) is 0 Å². The van der Waals surface area contributed by atoms with E-state index in [9.17, 15) is 28.1 Å². The second-order valence-corrected chi connectivity index (χ2v) is 4.13. The Bertz CT molecular complexity index is 502. The molecule has 1 rings (SSSR count). The largest absolute Gasteiger partial charge is 0.424 e. The van der Waals surface area contributed by atoms with Gasteiger partial charge in [0.1, 0.15) is 5.56 Å². The number of carbonyl (C=O) groups excluding carboxylic acids is 1. The zero-order valence-corrected chi connectivity index (χ0v) is 10.1. The van der Waals surface area contributed by atoms with Gasteiger partial charge in [-0.05, 0) is 28.7 Å². The number of hydrogen-bond donors (Lipinski definition) is 1. The molecular formula is C8H4F3IN2O3. The van der Waals surface area contributed by atoms with Crippen LogP contribution in [0.15, 0.2) is 12.1 Å². The second-order valence-electron chi connectivity index (χ2n) is 2.97. The molecule has 9 heteroatoms. The number of alkyl halides is 3. The van der Waals surface area contributed by atoms with E-state index >= 15 is 0 Å². The quantitative estimate of drug-likeness (QED) is 0.499. The lowest BCUT2D eigenvalue weighted by atomic mass is 10.1. The van der Waals surface area contributed by atoms with Crippen LogP contribution in [0, 0.1) is 13.7 Å². The van der Waals surface area contributed by atoms with Crippen molar-refractivity contribution in [2.45, 2.75) is 6.18 Å². The van der Waals surface area contributed by atoms with Crippen molar-refractivity contribution < 1.29 is 22.9 Å². The van der Waals surface area contributed by atoms with Crippen molar-refractivity contribution in [1.29, 1.82) is 0 Å². The molecular weight excluding hydrogens is 356 g/mol. The molecule has 0 aliphatic heterocycles. The molecule has 0 fully saturated rings. The Morgan fingerprint density at radius 1 is 1.41 bits per heavy atom. The van der Waals surface area contributed by atoms with Crippen LogP contribution in [0.25, 0.3) is 0 Å². The average molecular weight is 360 g/mol. The van der Waals surface area contributed by atoms with Crippen LogP contribution in [0.2, 0.25) is 0 Å². The maximum absolute atomic E-state index is 12.6. The van der Waals surface area contributed by atoms with Gasteiger partial charge in [-0.25, -0.2) is 0 Å². The topological polar surface area (TPSA) is 86.2 Å². The molecule has 1 amide bonds. The van der Waals surface area contributed by atoms with Crippen LogP contribution in [0.5, 0.6) is 0 Å². The highest BCUT2D eigenvalue weighted by atomic mass is 127. The molecule has 0 heterocycles. The smallest absolute Gasteiger partial charge is 0.366 e. The third-order valence-electron chi connectivity index (χ3n) is 1.83. The number of nitrogens with zero attached hydrogens (tertiary/aromatic N) is 1. The van der Waals surface area contributed by atoms with E-state index in [0.717, 1.165) is 6.07 Å². The Labute approximate surface area is 106 Å². The van der Waals surface area contributed by atoms with Gasteiger partial charge in [0.05, 0.1) is 4.92 Å². The zero-order valence-electron chi connectivity index (χ0n) is 7.92. The summed E-state index contributed by atoms with van der Waals surface area (Å²) in [6.45, 7) is 0. The SMILES string of the molecule is NC(=O)c1cc(I)c(C(F)(F)F)c([N+](=O)[O-])c1. The van der Waals surface area contributed by atoms with E-state index in [1.165, 1.54) is 22.6 Å². The Morgan fingerprint density at radius 2 is 1.94 bits per heavy atom. The summed E-state index contributed by atoms with van der Waals surface area (Å²) < 4.78 is 37.3. The molecule has 0 aliphatic carbocycles. The molecule has 0 aliphatic rings. The van der Waals surface area contributed by atoms with Gasteiger partial charge in [-0.1, -0.05) is 0 Å². The van der Waals surface area contributed by atoms with Gasteiger partial charge in [-0.3, -0.25) is 14.9 Å². The minimum atomic E-state index is -4.87. The molecule has 0 spiro atoms. The molecule has 0 saturated heterocycles. The van der Waals surface area contributed by atoms with Crippen LogP contribution < -0.4 is 5.73 Å². The van der Waals surface area contributed by atoms with E-state index in [4.69, 9.17) is 5.73 Å². The Kier molecular flexibility index (Phi) is 3.59. The molecule has 2 N–H and O–H groups in total. The molecule has 0 bridgehead atoms. The molecule has 1 aromatic carbocycles. The van der Waals surface area contributed by atoms with Crippen LogP contribution in [-0.4, -0.2) is 10.8 Å². The van der Waals surface area contributed by atoms with Gasteiger partial charge in [-0.15, -0.1) is 0 Å². The normalized spacial score (nSPS) is 11.3. The summed E-state index contributed by atoms with van der Waals surface area (Å²) in [6, 6.07) is 1.38. The predicted octanol–water partition coefficient (Wildman–Crippen LogP) is 2.32. The number of nitro benzene ring substituents is 1. The van der Waals surface area contributed by atoms with Gasteiger partial charge in [0.25, 0.3) is 5.69 Å². The number of benzene rings is 1. The van der Waals surface area contributed by atoms with E-state index in [1.54, 1.807) is 0 Å². The number of carbonyl (C=O) groups is 1. The number of nitro groups is 1. The summed E-state index contributed by atoms with van der Waals surface area (Å²) in [5, 5.41) is 10.5. The van der Waals surface area contributed by atoms with Crippen molar-refractivity contribution >= 4 is 34.2 Å². The number of primary amides is 1. The summed E-state index contributed by atoms with van der Waals surface area (Å²) in [5.74, 6) is -1.03. The van der Waals surface area contributed by atoms with E-state index in [-0.39, 0.29) is 5.56 Å². The van der Waals surface area contributed by atoms with Gasteiger partial charge in [0.15, 0.2) is 0 Å². The highest BCUT2D eigenvalue weighted by Gasteiger charge is 2.41. The minimum absolute atomic E-state index is 0.339. The fraction of sp³-hybridized carbons (Fsp3) is 0.125. The number of halogens is 4. The number of nitrogens with two attached hydrogens (primary N) is 1. The first-order chi connectivity index (χ1) is 7.64. The predicted molar refractivity (Wildman–Crippen MR) is 59.3 cm³/mol. The molecule has 5 nitrogen and oxygen atoms in total. The molecule has 0 saturated carbocycles. The van der Waals surface area contributed by atoms with Crippen LogP contribution in [-0.2, 0) is 6.18 Å². The lowest BCUT2D eigenvalue weighted by molar-refractivity contribution is -0.388. The van der Waals surface area contributed by atoms with E-state index < -0.39 is 31.8 Å². The molecule has 0 radical (unpaired) electrons. The molecule has 0 unspecified atom stereocenters. The maximum atomic E-state index is 12.6. The van der Waals surface area contributed by atoms with Crippen LogP contribution in [0.4, 0.5) is 18.9 Å². The van der Waals surface area contributed by atoms with Crippen molar-refractivity contribution in [1.82, 2.24) is 0 Å². The van der Waals surface area contributed by atoms with Crippen molar-refractivity contribution in [3.8, 4) is 0 Å². The molecule has 1 aromatic rings. The summed E-state index contributed by atoms with van der Waals surface area (Å²) >= 11 is 1.27. The first kappa shape index (κ1) is 13.7. The van der Waals surface area contributed by atoms with Gasteiger partial charge in [-0.2, -0.15) is 13.2 Å². The van der Waals surface area contributed by atoms with Crippen LogP contribution in [0.3, 0.4) is 0 Å². The van der Waals surface area contributed by atoms with Gasteiger partial charge in [0.2, 0.25) is 5.91 Å². The Morgan fingerprint density at radius 3 is 2.29 bits per heavy atom. The van der Waals surface area contributed by atoms with Gasteiger partial charge < -0.3 is 5.73 Å². The summed E-state index contributed by atoms with van der Waals surface area (Å²) in [5.41, 5.74) is 1.96. The summed E-state index contributed by atoms with van der Waals surface area (Å²) in [6.07, 6.45) is -4.87. The monoisotopic (exact) mass is 360 g/mol. The Balaban J connectivity index is 3.61. The van der Waals surface area contributed by atoms with Gasteiger partial charge in [0, 0.05) is 15.2 Å². The molecule has 0 atom stereocenters. The third-order valence-corrected chi connectivity index (χ3v) is 2.68. The highest BCUT2D eigenvalue weighted by molar-refractivity contribution is 14.1. The Hall–Kier alpha value is -1.39. The van der Waals surface area contributed by atoms with Crippen LogP contribution >= 0.6 is 22.6 Å². The number of amides is 1. The van der Waals surface area contributed by atoms with Gasteiger partial charge >= 0.3 is 6.18 Å². The van der Waals surface area contributed by atoms with Crippen molar-refractivity contribution in [3.63, 3.8) is 0 Å². The lowest BCUT2D eigenvalue weighted by Gasteiger charge is -2.10. The summed E-state index contributed by atoms with van der Waals surface area (Å²) in [4.78, 5) is 20.2. The fourth-order valence-electron chi connectivity index (χ4n) is 1.16. The molecule has 0 aromatic heterocycles. The maximum Gasteiger partial charge on any atom is 0.424 e. The minimum Gasteiger partial charge on any atom is -0.366 e. The molecule has 17 heavy (non-hydrogen) atoms. The fourth-order valence-corrected chi connectivity index (χ4v) is 2.08. The summed E-state index contributed by atoms with van der Waals surface area (Å²) in [7, 11) is 0. The van der Waals surface area contributed by atoms with Crippen molar-refractivity contribution in [2.75, 3.05) is 0 Å². The highest BCUT2D eigenvalue weighted by Crippen LogP contribution is 2.39. The van der Waals surface area contributed by atoms with E-state index in [2.05, 4.69) is 0 Å².